The molecule has 0 fully saturated rings. The van der Waals surface area contributed by atoms with Crippen LogP contribution in [0.4, 0.5) is 0 Å². The molecule has 2 rings (SSSR count). The standard InChI is InChI=1S/C17H22N2O4/c1-13(21)19-17(18-8-9-20)7-11-23-16-5-3-2-4-15(16)14-6-10-22-12-14/h2-6,10,12,17-18,20H,7-9,11H2,1H3,(H,19,21). The van der Waals surface area contributed by atoms with Crippen LogP contribution in [0.1, 0.15) is 13.3 Å². The fourth-order valence-electron chi connectivity index (χ4n) is 2.24. The minimum atomic E-state index is -0.235. The van der Waals surface area contributed by atoms with Gasteiger partial charge in [-0.15, -0.1) is 0 Å². The Kier molecular flexibility index (Phi) is 6.65. The molecule has 124 valence electrons. The summed E-state index contributed by atoms with van der Waals surface area (Å²) in [5.41, 5.74) is 1.91. The normalized spacial score (nSPS) is 11.9. The third-order valence-corrected chi connectivity index (χ3v) is 3.26. The van der Waals surface area contributed by atoms with Crippen LogP contribution in [0.25, 0.3) is 11.1 Å². The number of furan rings is 1. The molecule has 1 amide bonds. The van der Waals surface area contributed by atoms with Crippen molar-refractivity contribution in [2.75, 3.05) is 19.8 Å². The van der Waals surface area contributed by atoms with Gasteiger partial charge in [-0.25, -0.2) is 0 Å². The number of carbonyl (C=O) groups excluding carboxylic acids is 1. The highest BCUT2D eigenvalue weighted by atomic mass is 16.5. The molecule has 1 atom stereocenters. The summed E-state index contributed by atoms with van der Waals surface area (Å²) in [5.74, 6) is 0.636. The quantitative estimate of drug-likeness (QED) is 0.614. The van der Waals surface area contributed by atoms with Gasteiger partial charge in [0.15, 0.2) is 0 Å². The predicted molar refractivity (Wildman–Crippen MR) is 86.9 cm³/mol. The first-order valence-electron chi connectivity index (χ1n) is 7.56. The Labute approximate surface area is 135 Å². The lowest BCUT2D eigenvalue weighted by Crippen LogP contribution is -2.46. The van der Waals surface area contributed by atoms with Crippen LogP contribution in [-0.4, -0.2) is 36.9 Å². The zero-order chi connectivity index (χ0) is 16.5. The molecule has 0 saturated heterocycles. The number of hydrogen-bond donors (Lipinski definition) is 3. The summed E-state index contributed by atoms with van der Waals surface area (Å²) in [5, 5.41) is 14.7. The Bertz CT molecular complexity index is 598. The molecular weight excluding hydrogens is 296 g/mol. The maximum absolute atomic E-state index is 11.2. The summed E-state index contributed by atoms with van der Waals surface area (Å²) in [6.07, 6.45) is 3.64. The zero-order valence-electron chi connectivity index (χ0n) is 13.1. The molecule has 0 aliphatic heterocycles. The number of nitrogens with one attached hydrogen (secondary N) is 2. The summed E-state index contributed by atoms with van der Waals surface area (Å²) < 4.78 is 11.0. The highest BCUT2D eigenvalue weighted by molar-refractivity contribution is 5.73. The van der Waals surface area contributed by atoms with Crippen LogP contribution in [0.3, 0.4) is 0 Å². The van der Waals surface area contributed by atoms with E-state index in [0.717, 1.165) is 16.9 Å². The molecule has 6 heteroatoms. The summed E-state index contributed by atoms with van der Waals surface area (Å²) in [4.78, 5) is 11.2. The third kappa shape index (κ3) is 5.43. The van der Waals surface area contributed by atoms with Gasteiger partial charge < -0.3 is 19.6 Å². The van der Waals surface area contributed by atoms with Crippen LogP contribution in [0.2, 0.25) is 0 Å². The van der Waals surface area contributed by atoms with Crippen molar-refractivity contribution >= 4 is 5.91 Å². The molecule has 0 saturated carbocycles. The van der Waals surface area contributed by atoms with Gasteiger partial charge in [0.2, 0.25) is 5.91 Å². The summed E-state index contributed by atoms with van der Waals surface area (Å²) in [6.45, 7) is 2.32. The Morgan fingerprint density at radius 2 is 2.17 bits per heavy atom. The van der Waals surface area contributed by atoms with Crippen LogP contribution < -0.4 is 15.4 Å². The highest BCUT2D eigenvalue weighted by Crippen LogP contribution is 2.30. The van der Waals surface area contributed by atoms with E-state index >= 15 is 0 Å². The fourth-order valence-corrected chi connectivity index (χ4v) is 2.24. The number of benzene rings is 1. The first-order valence-corrected chi connectivity index (χ1v) is 7.56. The number of hydrogen-bond acceptors (Lipinski definition) is 5. The summed E-state index contributed by atoms with van der Waals surface area (Å²) in [7, 11) is 0. The van der Waals surface area contributed by atoms with Crippen molar-refractivity contribution in [1.82, 2.24) is 10.6 Å². The van der Waals surface area contributed by atoms with Crippen molar-refractivity contribution in [3.63, 3.8) is 0 Å². The van der Waals surface area contributed by atoms with Gasteiger partial charge in [0.25, 0.3) is 0 Å². The van der Waals surface area contributed by atoms with E-state index < -0.39 is 0 Å². The molecule has 6 nitrogen and oxygen atoms in total. The topological polar surface area (TPSA) is 83.7 Å². The van der Waals surface area contributed by atoms with Crippen LogP contribution in [0.15, 0.2) is 47.3 Å². The number of carbonyl (C=O) groups is 1. The van der Waals surface area contributed by atoms with Gasteiger partial charge in [-0.2, -0.15) is 0 Å². The second kappa shape index (κ2) is 8.97. The van der Waals surface area contributed by atoms with Crippen molar-refractivity contribution in [2.45, 2.75) is 19.5 Å². The van der Waals surface area contributed by atoms with Crippen molar-refractivity contribution in [3.05, 3.63) is 42.9 Å². The molecule has 1 heterocycles. The lowest BCUT2D eigenvalue weighted by atomic mass is 10.1. The van der Waals surface area contributed by atoms with Crippen LogP contribution in [0.5, 0.6) is 5.75 Å². The molecule has 1 aromatic carbocycles. The molecular formula is C17H22N2O4. The smallest absolute Gasteiger partial charge is 0.218 e. The van der Waals surface area contributed by atoms with Crippen molar-refractivity contribution in [2.24, 2.45) is 0 Å². The van der Waals surface area contributed by atoms with Crippen molar-refractivity contribution in [1.29, 1.82) is 0 Å². The van der Waals surface area contributed by atoms with E-state index in [-0.39, 0.29) is 18.7 Å². The van der Waals surface area contributed by atoms with E-state index in [1.165, 1.54) is 6.92 Å². The van der Waals surface area contributed by atoms with Gasteiger partial charge in [0.05, 0.1) is 31.9 Å². The van der Waals surface area contributed by atoms with Gasteiger partial charge >= 0.3 is 0 Å². The Morgan fingerprint density at radius 3 is 2.87 bits per heavy atom. The van der Waals surface area contributed by atoms with Crippen LogP contribution in [-0.2, 0) is 4.79 Å². The lowest BCUT2D eigenvalue weighted by molar-refractivity contribution is -0.120. The summed E-state index contributed by atoms with van der Waals surface area (Å²) >= 11 is 0. The molecule has 3 N–H and O–H groups in total. The van der Waals surface area contributed by atoms with Gasteiger partial charge in [-0.3, -0.25) is 10.1 Å². The minimum absolute atomic E-state index is 0.0142. The average molecular weight is 318 g/mol. The SMILES string of the molecule is CC(=O)NC(CCOc1ccccc1-c1ccoc1)NCCO. The van der Waals surface area contributed by atoms with E-state index in [2.05, 4.69) is 10.6 Å². The second-order valence-corrected chi connectivity index (χ2v) is 5.08. The van der Waals surface area contributed by atoms with E-state index in [9.17, 15) is 4.79 Å². The first kappa shape index (κ1) is 17.1. The maximum Gasteiger partial charge on any atom is 0.218 e. The Hall–Kier alpha value is -2.31. The van der Waals surface area contributed by atoms with Crippen LogP contribution in [0, 0.1) is 0 Å². The highest BCUT2D eigenvalue weighted by Gasteiger charge is 2.11. The van der Waals surface area contributed by atoms with Gasteiger partial charge in [-0.05, 0) is 12.1 Å². The number of rotatable bonds is 9. The largest absolute Gasteiger partial charge is 0.493 e. The van der Waals surface area contributed by atoms with Gasteiger partial charge in [0, 0.05) is 31.0 Å². The number of aliphatic hydroxyl groups is 1. The molecule has 0 aliphatic rings. The molecule has 2 aromatic rings. The van der Waals surface area contributed by atoms with E-state index in [1.54, 1.807) is 12.5 Å². The van der Waals surface area contributed by atoms with E-state index in [4.69, 9.17) is 14.3 Å². The third-order valence-electron chi connectivity index (χ3n) is 3.26. The van der Waals surface area contributed by atoms with Gasteiger partial charge in [0.1, 0.15) is 5.75 Å². The number of ether oxygens (including phenoxy) is 1. The molecule has 23 heavy (non-hydrogen) atoms. The van der Waals surface area contributed by atoms with Crippen molar-refractivity contribution < 1.29 is 19.1 Å². The van der Waals surface area contributed by atoms with E-state index in [1.807, 2.05) is 30.3 Å². The minimum Gasteiger partial charge on any atom is -0.493 e. The maximum atomic E-state index is 11.2. The number of aliphatic hydroxyl groups excluding tert-OH is 1. The molecule has 0 radical (unpaired) electrons. The van der Waals surface area contributed by atoms with Crippen LogP contribution >= 0.6 is 0 Å². The Morgan fingerprint density at radius 1 is 1.35 bits per heavy atom. The zero-order valence-corrected chi connectivity index (χ0v) is 13.1. The first-order chi connectivity index (χ1) is 11.2. The van der Waals surface area contributed by atoms with Crippen molar-refractivity contribution in [3.8, 4) is 16.9 Å². The predicted octanol–water partition coefficient (Wildman–Crippen LogP) is 1.76. The lowest BCUT2D eigenvalue weighted by Gasteiger charge is -2.19. The molecule has 0 spiro atoms. The molecule has 0 bridgehead atoms. The summed E-state index contributed by atoms with van der Waals surface area (Å²) in [6, 6.07) is 9.60. The second-order valence-electron chi connectivity index (χ2n) is 5.08. The van der Waals surface area contributed by atoms with E-state index in [0.29, 0.717) is 19.6 Å². The van der Waals surface area contributed by atoms with Gasteiger partial charge in [-0.1, -0.05) is 18.2 Å². The monoisotopic (exact) mass is 318 g/mol. The average Bonchev–Trinajstić information content (AvgIpc) is 3.06. The number of amides is 1. The number of para-hydroxylation sites is 1. The molecule has 1 unspecified atom stereocenters. The molecule has 0 aliphatic carbocycles. The molecule has 1 aromatic heterocycles. The fraction of sp³-hybridized carbons (Fsp3) is 0.353. The Balaban J connectivity index is 1.93.